The quantitative estimate of drug-likeness (QED) is 0.688. The second-order valence-corrected chi connectivity index (χ2v) is 6.17. The molecule has 0 aliphatic carbocycles. The number of carbonyl (C=O) groups is 3. The number of piperidine rings is 1. The van der Waals surface area contributed by atoms with Crippen LogP contribution in [0.25, 0.3) is 0 Å². The molecule has 7 heteroatoms. The van der Waals surface area contributed by atoms with E-state index in [0.29, 0.717) is 18.5 Å². The second kappa shape index (κ2) is 7.51. The predicted molar refractivity (Wildman–Crippen MR) is 86.3 cm³/mol. The number of halogens is 1. The lowest BCUT2D eigenvalue weighted by molar-refractivity contribution is -0.141. The Morgan fingerprint density at radius 3 is 2.50 bits per heavy atom. The molecule has 118 valence electrons. The summed E-state index contributed by atoms with van der Waals surface area (Å²) in [5.41, 5.74) is 1.36. The third kappa shape index (κ3) is 4.38. The number of aryl methyl sites for hydroxylation is 1. The van der Waals surface area contributed by atoms with E-state index in [1.54, 1.807) is 12.1 Å². The standard InChI is InChI=1S/C15H18BrN3O3/c1-9-8-11(16)2-3-12(9)18-14(21)15(22)19-13(20)10-4-6-17-7-5-10/h2-3,8,10,17H,4-7H2,1H3,(H,18,21)(H,19,20,22). The van der Waals surface area contributed by atoms with Crippen molar-refractivity contribution in [2.45, 2.75) is 19.8 Å². The number of nitrogens with one attached hydrogen (secondary N) is 3. The number of imide groups is 1. The topological polar surface area (TPSA) is 87.3 Å². The SMILES string of the molecule is Cc1cc(Br)ccc1NC(=O)C(=O)NC(=O)C1CCNCC1. The van der Waals surface area contributed by atoms with Crippen LogP contribution in [0, 0.1) is 12.8 Å². The molecular weight excluding hydrogens is 350 g/mol. The first-order chi connectivity index (χ1) is 10.5. The third-order valence-corrected chi connectivity index (χ3v) is 4.08. The van der Waals surface area contributed by atoms with Gasteiger partial charge in [-0.15, -0.1) is 0 Å². The van der Waals surface area contributed by atoms with Gasteiger partial charge in [-0.25, -0.2) is 0 Å². The molecule has 1 aromatic rings. The molecule has 22 heavy (non-hydrogen) atoms. The monoisotopic (exact) mass is 367 g/mol. The number of benzene rings is 1. The zero-order chi connectivity index (χ0) is 16.1. The molecule has 3 amide bonds. The van der Waals surface area contributed by atoms with Crippen LogP contribution in [0.5, 0.6) is 0 Å². The van der Waals surface area contributed by atoms with Crippen LogP contribution in [-0.4, -0.2) is 30.8 Å². The van der Waals surface area contributed by atoms with Crippen LogP contribution in [0.2, 0.25) is 0 Å². The highest BCUT2D eigenvalue weighted by atomic mass is 79.9. The first-order valence-electron chi connectivity index (χ1n) is 7.10. The van der Waals surface area contributed by atoms with Gasteiger partial charge in [0.25, 0.3) is 0 Å². The Hall–Kier alpha value is -1.73. The molecule has 6 nitrogen and oxygen atoms in total. The average molecular weight is 368 g/mol. The van der Waals surface area contributed by atoms with Gasteiger partial charge < -0.3 is 10.6 Å². The zero-order valence-corrected chi connectivity index (χ0v) is 13.8. The van der Waals surface area contributed by atoms with Gasteiger partial charge in [-0.3, -0.25) is 19.7 Å². The molecule has 0 unspecified atom stereocenters. The molecule has 1 heterocycles. The van der Waals surface area contributed by atoms with Gasteiger partial charge in [0.2, 0.25) is 5.91 Å². The summed E-state index contributed by atoms with van der Waals surface area (Å²) in [6, 6.07) is 5.29. The summed E-state index contributed by atoms with van der Waals surface area (Å²) < 4.78 is 0.883. The van der Waals surface area contributed by atoms with E-state index in [1.165, 1.54) is 0 Å². The second-order valence-electron chi connectivity index (χ2n) is 5.26. The largest absolute Gasteiger partial charge is 0.318 e. The number of anilines is 1. The van der Waals surface area contributed by atoms with E-state index in [0.717, 1.165) is 23.1 Å². The van der Waals surface area contributed by atoms with Crippen molar-refractivity contribution in [3.05, 3.63) is 28.2 Å². The maximum absolute atomic E-state index is 11.9. The number of hydrogen-bond donors (Lipinski definition) is 3. The molecule has 3 N–H and O–H groups in total. The minimum Gasteiger partial charge on any atom is -0.318 e. The molecule has 1 aromatic carbocycles. The van der Waals surface area contributed by atoms with E-state index in [-0.39, 0.29) is 11.8 Å². The molecule has 1 fully saturated rings. The summed E-state index contributed by atoms with van der Waals surface area (Å²) in [5, 5.41) is 7.82. The fourth-order valence-corrected chi connectivity index (χ4v) is 2.78. The number of rotatable bonds is 2. The average Bonchev–Trinajstić information content (AvgIpc) is 2.50. The summed E-state index contributed by atoms with van der Waals surface area (Å²) in [7, 11) is 0. The maximum atomic E-state index is 11.9. The van der Waals surface area contributed by atoms with Crippen molar-refractivity contribution in [3.8, 4) is 0 Å². The highest BCUT2D eigenvalue weighted by Gasteiger charge is 2.25. The van der Waals surface area contributed by atoms with Crippen LogP contribution in [0.3, 0.4) is 0 Å². The first-order valence-corrected chi connectivity index (χ1v) is 7.89. The van der Waals surface area contributed by atoms with Gasteiger partial charge in [0, 0.05) is 16.1 Å². The summed E-state index contributed by atoms with van der Waals surface area (Å²) in [4.78, 5) is 35.6. The van der Waals surface area contributed by atoms with Gasteiger partial charge in [-0.2, -0.15) is 0 Å². The molecule has 0 atom stereocenters. The number of amides is 3. The van der Waals surface area contributed by atoms with E-state index in [9.17, 15) is 14.4 Å². The van der Waals surface area contributed by atoms with E-state index < -0.39 is 11.8 Å². The Labute approximate surface area is 137 Å². The molecule has 1 aliphatic rings. The number of hydrogen-bond acceptors (Lipinski definition) is 4. The minimum absolute atomic E-state index is 0.215. The third-order valence-electron chi connectivity index (χ3n) is 3.59. The van der Waals surface area contributed by atoms with Crippen LogP contribution in [0.4, 0.5) is 5.69 Å². The molecule has 0 spiro atoms. The van der Waals surface area contributed by atoms with E-state index in [1.807, 2.05) is 13.0 Å². The molecule has 0 aromatic heterocycles. The van der Waals surface area contributed by atoms with E-state index >= 15 is 0 Å². The molecule has 2 rings (SSSR count). The van der Waals surface area contributed by atoms with Crippen molar-refractivity contribution in [3.63, 3.8) is 0 Å². The van der Waals surface area contributed by atoms with Crippen LogP contribution < -0.4 is 16.0 Å². The summed E-state index contributed by atoms with van der Waals surface area (Å²) >= 11 is 3.33. The van der Waals surface area contributed by atoms with Crippen LogP contribution in [-0.2, 0) is 14.4 Å². The summed E-state index contributed by atoms with van der Waals surface area (Å²) in [6.07, 6.45) is 1.35. The summed E-state index contributed by atoms with van der Waals surface area (Å²) in [5.74, 6) is -2.36. The van der Waals surface area contributed by atoms with Crippen molar-refractivity contribution >= 4 is 39.3 Å². The predicted octanol–water partition coefficient (Wildman–Crippen LogP) is 1.34. The van der Waals surface area contributed by atoms with Crippen molar-refractivity contribution in [2.75, 3.05) is 18.4 Å². The van der Waals surface area contributed by atoms with Crippen LogP contribution >= 0.6 is 15.9 Å². The normalized spacial score (nSPS) is 15.2. The molecule has 0 bridgehead atoms. The van der Waals surface area contributed by atoms with E-state index in [2.05, 4.69) is 31.9 Å². The Bertz CT molecular complexity index is 598. The smallest absolute Gasteiger partial charge is 0.316 e. The van der Waals surface area contributed by atoms with Gasteiger partial charge >= 0.3 is 11.8 Å². The Morgan fingerprint density at radius 1 is 1.18 bits per heavy atom. The van der Waals surface area contributed by atoms with Crippen LogP contribution in [0.1, 0.15) is 18.4 Å². The van der Waals surface area contributed by atoms with Crippen molar-refractivity contribution < 1.29 is 14.4 Å². The molecule has 0 saturated carbocycles. The minimum atomic E-state index is -0.925. The highest BCUT2D eigenvalue weighted by molar-refractivity contribution is 9.10. The van der Waals surface area contributed by atoms with Gasteiger partial charge in [-0.1, -0.05) is 15.9 Å². The molecular formula is C15H18BrN3O3. The highest BCUT2D eigenvalue weighted by Crippen LogP contribution is 2.19. The van der Waals surface area contributed by atoms with Gasteiger partial charge in [0.15, 0.2) is 0 Å². The van der Waals surface area contributed by atoms with Crippen molar-refractivity contribution in [1.29, 1.82) is 0 Å². The van der Waals surface area contributed by atoms with E-state index in [4.69, 9.17) is 0 Å². The van der Waals surface area contributed by atoms with Crippen molar-refractivity contribution in [1.82, 2.24) is 10.6 Å². The lowest BCUT2D eigenvalue weighted by Gasteiger charge is -2.21. The summed E-state index contributed by atoms with van der Waals surface area (Å²) in [6.45, 7) is 3.31. The first kappa shape index (κ1) is 16.6. The van der Waals surface area contributed by atoms with Gasteiger partial charge in [0.1, 0.15) is 0 Å². The number of carbonyl (C=O) groups excluding carboxylic acids is 3. The van der Waals surface area contributed by atoms with Gasteiger partial charge in [-0.05, 0) is 56.6 Å². The fraction of sp³-hybridized carbons (Fsp3) is 0.400. The Kier molecular flexibility index (Phi) is 5.68. The van der Waals surface area contributed by atoms with Gasteiger partial charge in [0.05, 0.1) is 0 Å². The van der Waals surface area contributed by atoms with Crippen molar-refractivity contribution in [2.24, 2.45) is 5.92 Å². The molecule has 1 saturated heterocycles. The van der Waals surface area contributed by atoms with Crippen LogP contribution in [0.15, 0.2) is 22.7 Å². The Balaban J connectivity index is 1.91. The molecule has 0 radical (unpaired) electrons. The Morgan fingerprint density at radius 2 is 1.86 bits per heavy atom. The molecule has 1 aliphatic heterocycles. The lowest BCUT2D eigenvalue weighted by atomic mass is 9.97. The fourth-order valence-electron chi connectivity index (χ4n) is 2.30. The zero-order valence-electron chi connectivity index (χ0n) is 12.2. The maximum Gasteiger partial charge on any atom is 0.316 e. The lowest BCUT2D eigenvalue weighted by Crippen LogP contribution is -2.44.